The molecule has 2 nitrogen and oxygen atoms in total. The lowest BCUT2D eigenvalue weighted by Gasteiger charge is -2.34. The number of hydrogen-bond donors (Lipinski definition) is 2. The van der Waals surface area contributed by atoms with E-state index in [4.69, 9.17) is 5.73 Å². The molecule has 0 unspecified atom stereocenters. The Kier molecular flexibility index (Phi) is 1.46. The fraction of sp³-hybridized carbons (Fsp3) is 1.00. The molecule has 1 saturated heterocycles. The maximum atomic E-state index is 6.20. The van der Waals surface area contributed by atoms with Gasteiger partial charge < -0.3 is 11.1 Å². The molecule has 2 rings (SSSR count). The van der Waals surface area contributed by atoms with Crippen molar-refractivity contribution in [1.29, 1.82) is 0 Å². The van der Waals surface area contributed by atoms with E-state index >= 15 is 0 Å². The third-order valence-electron chi connectivity index (χ3n) is 3.10. The Hall–Kier alpha value is -0.0800. The van der Waals surface area contributed by atoms with Gasteiger partial charge >= 0.3 is 0 Å². The maximum absolute atomic E-state index is 6.20. The van der Waals surface area contributed by atoms with Crippen LogP contribution in [0.4, 0.5) is 0 Å². The molecule has 0 aromatic carbocycles. The molecule has 1 saturated carbocycles. The molecule has 0 bridgehead atoms. The molecule has 0 spiro atoms. The lowest BCUT2D eigenvalue weighted by Crippen LogP contribution is -2.49. The summed E-state index contributed by atoms with van der Waals surface area (Å²) in [6, 6.07) is 0. The van der Waals surface area contributed by atoms with Crippen molar-refractivity contribution in [3.05, 3.63) is 0 Å². The number of nitrogens with two attached hydrogens (primary N) is 1. The molecule has 2 fully saturated rings. The van der Waals surface area contributed by atoms with E-state index in [-0.39, 0.29) is 5.54 Å². The fourth-order valence-electron chi connectivity index (χ4n) is 2.35. The molecule has 0 aromatic rings. The average molecular weight is 140 g/mol. The van der Waals surface area contributed by atoms with Gasteiger partial charge in [-0.05, 0) is 25.3 Å². The Labute approximate surface area is 62.2 Å². The van der Waals surface area contributed by atoms with Crippen LogP contribution in [-0.2, 0) is 0 Å². The second-order valence-corrected chi connectivity index (χ2v) is 3.81. The molecular formula is C8H16N2. The summed E-state index contributed by atoms with van der Waals surface area (Å²) in [6.07, 6.45) is 5.33. The second-order valence-electron chi connectivity index (χ2n) is 3.81. The van der Waals surface area contributed by atoms with Crippen molar-refractivity contribution >= 4 is 0 Å². The van der Waals surface area contributed by atoms with Crippen molar-refractivity contribution in [1.82, 2.24) is 5.32 Å². The predicted octanol–water partition coefficient (Wildman–Crippen LogP) is 0.477. The van der Waals surface area contributed by atoms with Gasteiger partial charge in [-0.15, -0.1) is 0 Å². The second kappa shape index (κ2) is 2.21. The van der Waals surface area contributed by atoms with Gasteiger partial charge in [0, 0.05) is 12.1 Å². The van der Waals surface area contributed by atoms with Crippen LogP contribution in [0.1, 0.15) is 25.7 Å². The highest BCUT2D eigenvalue weighted by Crippen LogP contribution is 2.33. The molecule has 0 radical (unpaired) electrons. The highest BCUT2D eigenvalue weighted by atomic mass is 15.0. The van der Waals surface area contributed by atoms with Crippen LogP contribution in [0.2, 0.25) is 0 Å². The summed E-state index contributed by atoms with van der Waals surface area (Å²) in [4.78, 5) is 0. The van der Waals surface area contributed by atoms with Gasteiger partial charge in [0.1, 0.15) is 0 Å². The number of fused-ring (bicyclic) bond motifs is 1. The predicted molar refractivity (Wildman–Crippen MR) is 41.7 cm³/mol. The van der Waals surface area contributed by atoms with Crippen LogP contribution in [-0.4, -0.2) is 18.6 Å². The number of rotatable bonds is 0. The third-order valence-corrected chi connectivity index (χ3v) is 3.10. The molecule has 1 aliphatic heterocycles. The molecule has 58 valence electrons. The minimum Gasteiger partial charge on any atom is -0.324 e. The van der Waals surface area contributed by atoms with Crippen molar-refractivity contribution in [2.45, 2.75) is 31.2 Å². The van der Waals surface area contributed by atoms with Gasteiger partial charge in [-0.1, -0.05) is 12.8 Å². The van der Waals surface area contributed by atoms with E-state index in [1.54, 1.807) is 0 Å². The van der Waals surface area contributed by atoms with Crippen LogP contribution < -0.4 is 11.1 Å². The molecular weight excluding hydrogens is 124 g/mol. The van der Waals surface area contributed by atoms with Crippen LogP contribution in [0.15, 0.2) is 0 Å². The van der Waals surface area contributed by atoms with Crippen molar-refractivity contribution < 1.29 is 0 Å². The molecule has 10 heavy (non-hydrogen) atoms. The van der Waals surface area contributed by atoms with Gasteiger partial charge in [-0.3, -0.25) is 0 Å². The first-order valence-electron chi connectivity index (χ1n) is 4.31. The van der Waals surface area contributed by atoms with Crippen LogP contribution in [0, 0.1) is 5.92 Å². The zero-order valence-electron chi connectivity index (χ0n) is 6.40. The Morgan fingerprint density at radius 3 is 3.10 bits per heavy atom. The van der Waals surface area contributed by atoms with Crippen molar-refractivity contribution in [2.24, 2.45) is 11.7 Å². The first-order chi connectivity index (χ1) is 4.81. The Morgan fingerprint density at radius 1 is 1.40 bits per heavy atom. The summed E-state index contributed by atoms with van der Waals surface area (Å²) in [7, 11) is 0. The summed E-state index contributed by atoms with van der Waals surface area (Å²) in [6.45, 7) is 2.22. The van der Waals surface area contributed by atoms with Crippen LogP contribution in [0.5, 0.6) is 0 Å². The average Bonchev–Trinajstić information content (AvgIpc) is 2.29. The summed E-state index contributed by atoms with van der Waals surface area (Å²) in [5.41, 5.74) is 6.38. The van der Waals surface area contributed by atoms with Crippen molar-refractivity contribution in [2.75, 3.05) is 13.1 Å². The van der Waals surface area contributed by atoms with E-state index in [9.17, 15) is 0 Å². The van der Waals surface area contributed by atoms with Gasteiger partial charge in [-0.2, -0.15) is 0 Å². The van der Waals surface area contributed by atoms with E-state index < -0.39 is 0 Å². The van der Waals surface area contributed by atoms with Crippen LogP contribution in [0.3, 0.4) is 0 Å². The SMILES string of the molecule is N[C@]12CCCC[C@H]1CNC2. The Bertz CT molecular complexity index is 135. The summed E-state index contributed by atoms with van der Waals surface area (Å²) in [5, 5.41) is 3.38. The van der Waals surface area contributed by atoms with E-state index in [1.807, 2.05) is 0 Å². The Balaban J connectivity index is 2.10. The van der Waals surface area contributed by atoms with Gasteiger partial charge in [0.25, 0.3) is 0 Å². The van der Waals surface area contributed by atoms with Gasteiger partial charge in [0.05, 0.1) is 0 Å². The largest absolute Gasteiger partial charge is 0.324 e. The zero-order valence-corrected chi connectivity index (χ0v) is 6.40. The lowest BCUT2D eigenvalue weighted by molar-refractivity contribution is 0.247. The molecule has 2 heteroatoms. The summed E-state index contributed by atoms with van der Waals surface area (Å²) < 4.78 is 0. The molecule has 2 aliphatic rings. The normalized spacial score (nSPS) is 47.1. The first kappa shape index (κ1) is 6.62. The highest BCUT2D eigenvalue weighted by Gasteiger charge is 2.40. The summed E-state index contributed by atoms with van der Waals surface area (Å²) in [5.74, 6) is 0.779. The van der Waals surface area contributed by atoms with E-state index in [2.05, 4.69) is 5.32 Å². The molecule has 2 atom stereocenters. The quantitative estimate of drug-likeness (QED) is 0.513. The fourth-order valence-corrected chi connectivity index (χ4v) is 2.35. The molecule has 3 N–H and O–H groups in total. The molecule has 1 aliphatic carbocycles. The van der Waals surface area contributed by atoms with Crippen LogP contribution >= 0.6 is 0 Å². The van der Waals surface area contributed by atoms with Gasteiger partial charge in [-0.25, -0.2) is 0 Å². The minimum absolute atomic E-state index is 0.179. The number of hydrogen-bond acceptors (Lipinski definition) is 2. The highest BCUT2D eigenvalue weighted by molar-refractivity contribution is 5.01. The maximum Gasteiger partial charge on any atom is 0.0321 e. The lowest BCUT2D eigenvalue weighted by atomic mass is 9.76. The Morgan fingerprint density at radius 2 is 2.30 bits per heavy atom. The van der Waals surface area contributed by atoms with E-state index in [0.717, 1.165) is 19.0 Å². The molecule has 0 amide bonds. The van der Waals surface area contributed by atoms with Crippen molar-refractivity contribution in [3.8, 4) is 0 Å². The monoisotopic (exact) mass is 140 g/mol. The minimum atomic E-state index is 0.179. The van der Waals surface area contributed by atoms with Crippen molar-refractivity contribution in [3.63, 3.8) is 0 Å². The topological polar surface area (TPSA) is 38.0 Å². The van der Waals surface area contributed by atoms with E-state index in [1.165, 1.54) is 25.7 Å². The van der Waals surface area contributed by atoms with Gasteiger partial charge in [0.15, 0.2) is 0 Å². The third kappa shape index (κ3) is 0.867. The first-order valence-corrected chi connectivity index (χ1v) is 4.31. The molecule has 0 aromatic heterocycles. The molecule has 1 heterocycles. The van der Waals surface area contributed by atoms with Crippen LogP contribution in [0.25, 0.3) is 0 Å². The van der Waals surface area contributed by atoms with E-state index in [0.29, 0.717) is 0 Å². The zero-order chi connectivity index (χ0) is 7.03. The number of nitrogens with one attached hydrogen (secondary N) is 1. The van der Waals surface area contributed by atoms with Gasteiger partial charge in [0.2, 0.25) is 0 Å². The smallest absolute Gasteiger partial charge is 0.0321 e. The standard InChI is InChI=1S/C8H16N2/c9-8-4-2-1-3-7(8)5-10-6-8/h7,10H,1-6,9H2/t7-,8-/m0/s1. The summed E-state index contributed by atoms with van der Waals surface area (Å²) >= 11 is 0.